The highest BCUT2D eigenvalue weighted by atomic mass is 14.3. The first-order chi connectivity index (χ1) is 9.59. The first kappa shape index (κ1) is 13.4. The van der Waals surface area contributed by atoms with Gasteiger partial charge in [0.2, 0.25) is 0 Å². The molecule has 104 valence electrons. The Morgan fingerprint density at radius 1 is 0.750 bits per heavy atom. The third-order valence-electron chi connectivity index (χ3n) is 4.68. The zero-order valence-corrected chi connectivity index (χ0v) is 13.0. The van der Waals surface area contributed by atoms with Crippen LogP contribution in [0.1, 0.15) is 50.3 Å². The molecule has 0 N–H and O–H groups in total. The fourth-order valence-electron chi connectivity index (χ4n) is 3.98. The van der Waals surface area contributed by atoms with E-state index in [0.717, 1.165) is 6.42 Å². The largest absolute Gasteiger partial charge is 0.0622 e. The van der Waals surface area contributed by atoms with Crippen molar-refractivity contribution in [2.24, 2.45) is 11.8 Å². The van der Waals surface area contributed by atoms with Crippen molar-refractivity contribution in [3.05, 3.63) is 59.2 Å². The summed E-state index contributed by atoms with van der Waals surface area (Å²) in [6.45, 7) is 9.41. The van der Waals surface area contributed by atoms with Gasteiger partial charge in [-0.05, 0) is 52.0 Å². The molecule has 0 heterocycles. The lowest BCUT2D eigenvalue weighted by Crippen LogP contribution is -2.15. The van der Waals surface area contributed by atoms with Crippen LogP contribution in [0.2, 0.25) is 0 Å². The van der Waals surface area contributed by atoms with Crippen molar-refractivity contribution in [1.29, 1.82) is 0 Å². The number of rotatable bonds is 3. The van der Waals surface area contributed by atoms with Gasteiger partial charge in [-0.1, -0.05) is 70.2 Å². The summed E-state index contributed by atoms with van der Waals surface area (Å²) < 4.78 is 0. The van der Waals surface area contributed by atoms with Crippen LogP contribution < -0.4 is 0 Å². The SMILES string of the molecule is CC(C)C(c1cccc2c1Cc1ccccc1-2)C(C)C. The molecule has 1 aliphatic carbocycles. The van der Waals surface area contributed by atoms with Gasteiger partial charge in [0.1, 0.15) is 0 Å². The van der Waals surface area contributed by atoms with Gasteiger partial charge in [0.25, 0.3) is 0 Å². The monoisotopic (exact) mass is 264 g/mol. The van der Waals surface area contributed by atoms with Gasteiger partial charge in [0, 0.05) is 0 Å². The summed E-state index contributed by atoms with van der Waals surface area (Å²) in [5, 5.41) is 0. The van der Waals surface area contributed by atoms with Crippen LogP contribution in [0.3, 0.4) is 0 Å². The smallest absolute Gasteiger partial charge is 0.00106 e. The molecule has 0 saturated heterocycles. The maximum atomic E-state index is 2.36. The van der Waals surface area contributed by atoms with Gasteiger partial charge in [0.15, 0.2) is 0 Å². The summed E-state index contributed by atoms with van der Waals surface area (Å²) in [6, 6.07) is 15.8. The molecular weight excluding hydrogens is 240 g/mol. The van der Waals surface area contributed by atoms with E-state index in [1.807, 2.05) is 0 Å². The molecule has 0 atom stereocenters. The van der Waals surface area contributed by atoms with Gasteiger partial charge in [-0.25, -0.2) is 0 Å². The molecule has 3 rings (SSSR count). The van der Waals surface area contributed by atoms with E-state index in [1.54, 1.807) is 11.1 Å². The van der Waals surface area contributed by atoms with Crippen LogP contribution in [0.15, 0.2) is 42.5 Å². The van der Waals surface area contributed by atoms with Crippen LogP contribution in [0.5, 0.6) is 0 Å². The first-order valence-corrected chi connectivity index (χ1v) is 7.79. The summed E-state index contributed by atoms with van der Waals surface area (Å²) in [5.74, 6) is 2.02. The molecule has 0 bridgehead atoms. The Labute approximate surface area is 122 Å². The summed E-state index contributed by atoms with van der Waals surface area (Å²) in [5.41, 5.74) is 7.53. The van der Waals surface area contributed by atoms with Crippen molar-refractivity contribution in [1.82, 2.24) is 0 Å². The molecule has 0 aromatic heterocycles. The fourth-order valence-corrected chi connectivity index (χ4v) is 3.98. The van der Waals surface area contributed by atoms with Crippen LogP contribution >= 0.6 is 0 Å². The third-order valence-corrected chi connectivity index (χ3v) is 4.68. The molecule has 0 heteroatoms. The predicted octanol–water partition coefficient (Wildman–Crippen LogP) is 5.65. The van der Waals surface area contributed by atoms with E-state index >= 15 is 0 Å². The maximum Gasteiger partial charge on any atom is -0.00106 e. The minimum absolute atomic E-state index is 0.652. The lowest BCUT2D eigenvalue weighted by atomic mass is 9.77. The average Bonchev–Trinajstić information content (AvgIpc) is 2.78. The zero-order valence-electron chi connectivity index (χ0n) is 13.0. The van der Waals surface area contributed by atoms with E-state index in [4.69, 9.17) is 0 Å². The second-order valence-electron chi connectivity index (χ2n) is 6.72. The fraction of sp³-hybridized carbons (Fsp3) is 0.400. The maximum absolute atomic E-state index is 2.36. The Kier molecular flexibility index (Phi) is 3.41. The number of hydrogen-bond acceptors (Lipinski definition) is 0. The second kappa shape index (κ2) is 5.09. The molecule has 2 aromatic rings. The van der Waals surface area contributed by atoms with Crippen molar-refractivity contribution in [2.45, 2.75) is 40.0 Å². The molecule has 0 nitrogen and oxygen atoms in total. The van der Waals surface area contributed by atoms with Crippen molar-refractivity contribution in [2.75, 3.05) is 0 Å². The predicted molar refractivity (Wildman–Crippen MR) is 87.1 cm³/mol. The van der Waals surface area contributed by atoms with Crippen LogP contribution in [-0.4, -0.2) is 0 Å². The lowest BCUT2D eigenvalue weighted by Gasteiger charge is -2.27. The van der Waals surface area contributed by atoms with Crippen molar-refractivity contribution >= 4 is 0 Å². The van der Waals surface area contributed by atoms with Crippen LogP contribution in [0.4, 0.5) is 0 Å². The topological polar surface area (TPSA) is 0 Å². The van der Waals surface area contributed by atoms with Crippen LogP contribution in [-0.2, 0) is 6.42 Å². The van der Waals surface area contributed by atoms with E-state index < -0.39 is 0 Å². The summed E-state index contributed by atoms with van der Waals surface area (Å²) in [4.78, 5) is 0. The Balaban J connectivity index is 2.13. The normalized spacial score (nSPS) is 13.2. The highest BCUT2D eigenvalue weighted by Crippen LogP contribution is 2.43. The minimum Gasteiger partial charge on any atom is -0.0622 e. The summed E-state index contributed by atoms with van der Waals surface area (Å²) in [7, 11) is 0. The van der Waals surface area contributed by atoms with Gasteiger partial charge in [-0.15, -0.1) is 0 Å². The van der Waals surface area contributed by atoms with Crippen molar-refractivity contribution in [3.63, 3.8) is 0 Å². The van der Waals surface area contributed by atoms with E-state index in [9.17, 15) is 0 Å². The number of hydrogen-bond donors (Lipinski definition) is 0. The molecule has 0 saturated carbocycles. The molecule has 0 unspecified atom stereocenters. The highest BCUT2D eigenvalue weighted by molar-refractivity contribution is 5.78. The Bertz CT molecular complexity index is 612. The highest BCUT2D eigenvalue weighted by Gasteiger charge is 2.27. The lowest BCUT2D eigenvalue weighted by molar-refractivity contribution is 0.386. The average molecular weight is 264 g/mol. The van der Waals surface area contributed by atoms with Crippen LogP contribution in [0.25, 0.3) is 11.1 Å². The van der Waals surface area contributed by atoms with Crippen molar-refractivity contribution < 1.29 is 0 Å². The second-order valence-corrected chi connectivity index (χ2v) is 6.72. The van der Waals surface area contributed by atoms with E-state index in [0.29, 0.717) is 17.8 Å². The standard InChI is InChI=1S/C20H24/c1-13(2)20(14(3)4)18-11-7-10-17-16-9-6-5-8-15(16)12-19(17)18/h5-11,13-14,20H,12H2,1-4H3. The van der Waals surface area contributed by atoms with Gasteiger partial charge in [0.05, 0.1) is 0 Å². The third kappa shape index (κ3) is 2.08. The minimum atomic E-state index is 0.652. The zero-order chi connectivity index (χ0) is 14.3. The van der Waals surface area contributed by atoms with Gasteiger partial charge in [-0.3, -0.25) is 0 Å². The van der Waals surface area contributed by atoms with Crippen LogP contribution in [0, 0.1) is 11.8 Å². The molecule has 0 amide bonds. The summed E-state index contributed by atoms with van der Waals surface area (Å²) in [6.07, 6.45) is 1.11. The van der Waals surface area contributed by atoms with E-state index in [2.05, 4.69) is 70.2 Å². The molecule has 1 aliphatic rings. The summed E-state index contributed by atoms with van der Waals surface area (Å²) >= 11 is 0. The molecule has 0 spiro atoms. The number of fused-ring (bicyclic) bond motifs is 3. The van der Waals surface area contributed by atoms with Gasteiger partial charge in [-0.2, -0.15) is 0 Å². The van der Waals surface area contributed by atoms with Gasteiger partial charge >= 0.3 is 0 Å². The molecular formula is C20H24. The van der Waals surface area contributed by atoms with E-state index in [1.165, 1.54) is 16.7 Å². The van der Waals surface area contributed by atoms with Crippen molar-refractivity contribution in [3.8, 4) is 11.1 Å². The quantitative estimate of drug-likeness (QED) is 0.573. The van der Waals surface area contributed by atoms with E-state index in [-0.39, 0.29) is 0 Å². The molecule has 0 radical (unpaired) electrons. The van der Waals surface area contributed by atoms with Gasteiger partial charge < -0.3 is 0 Å². The Morgan fingerprint density at radius 2 is 1.40 bits per heavy atom. The molecule has 2 aromatic carbocycles. The molecule has 0 aliphatic heterocycles. The Morgan fingerprint density at radius 3 is 2.10 bits per heavy atom. The first-order valence-electron chi connectivity index (χ1n) is 7.79. The molecule has 0 fully saturated rings. The Hall–Kier alpha value is -1.56. The number of benzene rings is 2. The molecule has 20 heavy (non-hydrogen) atoms.